The number of ether oxygens (including phenoxy) is 2. The first kappa shape index (κ1) is 12.2. The fourth-order valence-corrected chi connectivity index (χ4v) is 1.37. The van der Waals surface area contributed by atoms with Gasteiger partial charge in [0.1, 0.15) is 6.10 Å². The molecule has 86 valence electrons. The molecule has 15 heavy (non-hydrogen) atoms. The maximum atomic E-state index is 10.0. The summed E-state index contributed by atoms with van der Waals surface area (Å²) in [6, 6.07) is 1.75. The number of nitrogens with zero attached hydrogens (tertiary/aromatic N) is 2. The highest BCUT2D eigenvalue weighted by Gasteiger charge is 2.23. The van der Waals surface area contributed by atoms with Crippen molar-refractivity contribution in [3.63, 3.8) is 0 Å². The van der Waals surface area contributed by atoms with Crippen LogP contribution in [0.25, 0.3) is 0 Å². The SMILES string of the molecule is CCOC(OCC)C(O)c1ccnn1C. The zero-order valence-corrected chi connectivity index (χ0v) is 9.38. The molecule has 0 aliphatic carbocycles. The van der Waals surface area contributed by atoms with Gasteiger partial charge in [0.05, 0.1) is 5.69 Å². The van der Waals surface area contributed by atoms with Gasteiger partial charge in [0.25, 0.3) is 0 Å². The summed E-state index contributed by atoms with van der Waals surface area (Å²) in [5.74, 6) is 0. The first-order valence-corrected chi connectivity index (χ1v) is 5.09. The highest BCUT2D eigenvalue weighted by molar-refractivity contribution is 5.04. The van der Waals surface area contributed by atoms with Gasteiger partial charge in [0, 0.05) is 26.5 Å². The molecule has 1 heterocycles. The van der Waals surface area contributed by atoms with Gasteiger partial charge in [-0.05, 0) is 19.9 Å². The molecule has 1 N–H and O–H groups in total. The molecule has 5 nitrogen and oxygen atoms in total. The largest absolute Gasteiger partial charge is 0.381 e. The van der Waals surface area contributed by atoms with Gasteiger partial charge in [0.15, 0.2) is 6.29 Å². The summed E-state index contributed by atoms with van der Waals surface area (Å²) in [6.07, 6.45) is 0.195. The van der Waals surface area contributed by atoms with Gasteiger partial charge in [0.2, 0.25) is 0 Å². The van der Waals surface area contributed by atoms with Crippen LogP contribution < -0.4 is 0 Å². The molecule has 0 bridgehead atoms. The van der Waals surface area contributed by atoms with Crippen molar-refractivity contribution >= 4 is 0 Å². The van der Waals surface area contributed by atoms with Gasteiger partial charge in [-0.1, -0.05) is 0 Å². The van der Waals surface area contributed by atoms with Crippen molar-refractivity contribution in [2.75, 3.05) is 13.2 Å². The molecular weight excluding hydrogens is 196 g/mol. The molecule has 1 aromatic rings. The summed E-state index contributed by atoms with van der Waals surface area (Å²) in [6.45, 7) is 4.73. The number of rotatable bonds is 6. The third-order valence-corrected chi connectivity index (χ3v) is 2.08. The smallest absolute Gasteiger partial charge is 0.189 e. The predicted octanol–water partition coefficient (Wildman–Crippen LogP) is 0.853. The molecule has 1 rings (SSSR count). The quantitative estimate of drug-likeness (QED) is 0.713. The van der Waals surface area contributed by atoms with Crippen LogP contribution in [0.5, 0.6) is 0 Å². The maximum Gasteiger partial charge on any atom is 0.189 e. The van der Waals surface area contributed by atoms with Crippen molar-refractivity contribution in [1.82, 2.24) is 9.78 Å². The first-order valence-electron chi connectivity index (χ1n) is 5.09. The van der Waals surface area contributed by atoms with Crippen LogP contribution in [-0.2, 0) is 16.5 Å². The average Bonchev–Trinajstić information content (AvgIpc) is 2.63. The van der Waals surface area contributed by atoms with Crippen LogP contribution in [0.15, 0.2) is 12.3 Å². The van der Waals surface area contributed by atoms with E-state index in [0.29, 0.717) is 18.9 Å². The van der Waals surface area contributed by atoms with Gasteiger partial charge >= 0.3 is 0 Å². The van der Waals surface area contributed by atoms with E-state index in [4.69, 9.17) is 9.47 Å². The minimum absolute atomic E-state index is 0.500. The van der Waals surface area contributed by atoms with Gasteiger partial charge in [-0.3, -0.25) is 4.68 Å². The van der Waals surface area contributed by atoms with Crippen LogP contribution in [0.3, 0.4) is 0 Å². The zero-order valence-electron chi connectivity index (χ0n) is 9.38. The lowest BCUT2D eigenvalue weighted by molar-refractivity contribution is -0.193. The van der Waals surface area contributed by atoms with E-state index in [-0.39, 0.29) is 0 Å². The van der Waals surface area contributed by atoms with Crippen molar-refractivity contribution in [1.29, 1.82) is 0 Å². The van der Waals surface area contributed by atoms with Crippen LogP contribution in [0, 0.1) is 0 Å². The third kappa shape index (κ3) is 3.02. The Morgan fingerprint density at radius 2 is 2.00 bits per heavy atom. The van der Waals surface area contributed by atoms with Crippen molar-refractivity contribution in [2.45, 2.75) is 26.2 Å². The van der Waals surface area contributed by atoms with Crippen LogP contribution in [0.1, 0.15) is 25.6 Å². The number of aromatic nitrogens is 2. The molecule has 0 aromatic carbocycles. The van der Waals surface area contributed by atoms with E-state index in [1.54, 1.807) is 24.0 Å². The van der Waals surface area contributed by atoms with E-state index in [9.17, 15) is 5.11 Å². The Bertz CT molecular complexity index is 282. The Hall–Kier alpha value is -0.910. The van der Waals surface area contributed by atoms with E-state index in [1.807, 2.05) is 13.8 Å². The fraction of sp³-hybridized carbons (Fsp3) is 0.700. The Morgan fingerprint density at radius 1 is 1.40 bits per heavy atom. The summed E-state index contributed by atoms with van der Waals surface area (Å²) in [5, 5.41) is 14.0. The number of aliphatic hydroxyl groups excluding tert-OH is 1. The predicted molar refractivity (Wildman–Crippen MR) is 55.2 cm³/mol. The third-order valence-electron chi connectivity index (χ3n) is 2.08. The van der Waals surface area contributed by atoms with Crippen molar-refractivity contribution < 1.29 is 14.6 Å². The molecule has 0 aliphatic rings. The summed E-state index contributed by atoms with van der Waals surface area (Å²) >= 11 is 0. The summed E-state index contributed by atoms with van der Waals surface area (Å²) < 4.78 is 12.2. The Labute approximate surface area is 89.6 Å². The van der Waals surface area contributed by atoms with Crippen LogP contribution >= 0.6 is 0 Å². The minimum Gasteiger partial charge on any atom is -0.381 e. The lowest BCUT2D eigenvalue weighted by atomic mass is 10.2. The van der Waals surface area contributed by atoms with Gasteiger partial charge in [-0.25, -0.2) is 0 Å². The molecule has 5 heteroatoms. The minimum atomic E-state index is -0.808. The lowest BCUT2D eigenvalue weighted by Gasteiger charge is -2.22. The molecule has 0 aliphatic heterocycles. The van der Waals surface area contributed by atoms with E-state index in [1.165, 1.54) is 0 Å². The maximum absolute atomic E-state index is 10.0. The van der Waals surface area contributed by atoms with Gasteiger partial charge < -0.3 is 14.6 Å². The van der Waals surface area contributed by atoms with E-state index >= 15 is 0 Å². The van der Waals surface area contributed by atoms with Crippen molar-refractivity contribution in [3.8, 4) is 0 Å². The van der Waals surface area contributed by atoms with E-state index in [2.05, 4.69) is 5.10 Å². The Balaban J connectivity index is 2.71. The average molecular weight is 214 g/mol. The van der Waals surface area contributed by atoms with Crippen LogP contribution in [0.2, 0.25) is 0 Å². The molecule has 0 saturated heterocycles. The highest BCUT2D eigenvalue weighted by atomic mass is 16.7. The first-order chi connectivity index (χ1) is 7.20. The van der Waals surface area contributed by atoms with Crippen LogP contribution in [0.4, 0.5) is 0 Å². The monoisotopic (exact) mass is 214 g/mol. The summed E-state index contributed by atoms with van der Waals surface area (Å²) in [4.78, 5) is 0. The second kappa shape index (κ2) is 5.85. The topological polar surface area (TPSA) is 56.5 Å². The normalized spacial score (nSPS) is 13.4. The van der Waals surface area contributed by atoms with E-state index < -0.39 is 12.4 Å². The molecule has 1 aromatic heterocycles. The number of aliphatic hydroxyl groups is 1. The molecule has 0 fully saturated rings. The zero-order chi connectivity index (χ0) is 11.3. The van der Waals surface area contributed by atoms with Crippen molar-refractivity contribution in [2.24, 2.45) is 7.05 Å². The molecule has 0 amide bonds. The Morgan fingerprint density at radius 3 is 2.40 bits per heavy atom. The summed E-state index contributed by atoms with van der Waals surface area (Å²) in [5.41, 5.74) is 0.682. The van der Waals surface area contributed by atoms with Crippen molar-refractivity contribution in [3.05, 3.63) is 18.0 Å². The van der Waals surface area contributed by atoms with Gasteiger partial charge in [-0.15, -0.1) is 0 Å². The fourth-order valence-electron chi connectivity index (χ4n) is 1.37. The standard InChI is InChI=1S/C10H18N2O3/c1-4-14-10(15-5-2)9(13)8-6-7-11-12(8)3/h6-7,9-10,13H,4-5H2,1-3H3. The molecule has 1 atom stereocenters. The molecule has 1 unspecified atom stereocenters. The van der Waals surface area contributed by atoms with Gasteiger partial charge in [-0.2, -0.15) is 5.10 Å². The summed E-state index contributed by atoms with van der Waals surface area (Å²) in [7, 11) is 1.77. The highest BCUT2D eigenvalue weighted by Crippen LogP contribution is 2.19. The lowest BCUT2D eigenvalue weighted by Crippen LogP contribution is -2.27. The molecular formula is C10H18N2O3. The van der Waals surface area contributed by atoms with E-state index in [0.717, 1.165) is 0 Å². The second-order valence-corrected chi connectivity index (χ2v) is 3.10. The Kier molecular flexibility index (Phi) is 4.74. The molecule has 0 radical (unpaired) electrons. The molecule has 0 saturated carbocycles. The van der Waals surface area contributed by atoms with Crippen LogP contribution in [-0.4, -0.2) is 34.4 Å². The molecule has 0 spiro atoms. The number of hydrogen-bond donors (Lipinski definition) is 1. The second-order valence-electron chi connectivity index (χ2n) is 3.10. The number of aryl methyl sites for hydroxylation is 1. The number of hydrogen-bond acceptors (Lipinski definition) is 4.